The molecule has 3 rings (SSSR count). The Morgan fingerprint density at radius 2 is 1.88 bits per heavy atom. The van der Waals surface area contributed by atoms with E-state index in [0.717, 1.165) is 18.2 Å². The molecule has 2 nitrogen and oxygen atoms in total. The van der Waals surface area contributed by atoms with Gasteiger partial charge in [-0.15, -0.1) is 11.8 Å². The van der Waals surface area contributed by atoms with Crippen molar-refractivity contribution in [3.63, 3.8) is 0 Å². The molecule has 0 spiro atoms. The fourth-order valence-electron chi connectivity index (χ4n) is 3.83. The maximum absolute atomic E-state index is 6.02. The average molecular weight is 372 g/mol. The lowest BCUT2D eigenvalue weighted by Crippen LogP contribution is -2.25. The minimum atomic E-state index is 0.322. The van der Waals surface area contributed by atoms with Crippen LogP contribution in [0.25, 0.3) is 10.8 Å². The number of benzene rings is 2. The predicted molar refractivity (Wildman–Crippen MR) is 117 cm³/mol. The van der Waals surface area contributed by atoms with Gasteiger partial charge in [0.1, 0.15) is 5.75 Å². The van der Waals surface area contributed by atoms with Gasteiger partial charge in [0.2, 0.25) is 0 Å². The molecule has 3 heteroatoms. The van der Waals surface area contributed by atoms with E-state index in [2.05, 4.69) is 81.6 Å². The SMILES string of the molecule is CCCC1CN(CSC(C)(C)CC)c2cc(OCC)c3ccccc3c21. The summed E-state index contributed by atoms with van der Waals surface area (Å²) in [7, 11) is 0. The molecule has 0 aromatic heterocycles. The molecule has 1 aliphatic heterocycles. The smallest absolute Gasteiger partial charge is 0.129 e. The topological polar surface area (TPSA) is 12.5 Å². The Balaban J connectivity index is 2.04. The second-order valence-corrected chi connectivity index (χ2v) is 9.53. The first-order valence-corrected chi connectivity index (χ1v) is 11.1. The Morgan fingerprint density at radius 3 is 2.54 bits per heavy atom. The number of thioether (sulfide) groups is 1. The van der Waals surface area contributed by atoms with E-state index in [-0.39, 0.29) is 0 Å². The number of rotatable bonds is 8. The lowest BCUT2D eigenvalue weighted by Gasteiger charge is -2.27. The summed E-state index contributed by atoms with van der Waals surface area (Å²) in [5.74, 6) is 2.71. The summed E-state index contributed by atoms with van der Waals surface area (Å²) in [6.07, 6.45) is 3.68. The number of hydrogen-bond acceptors (Lipinski definition) is 3. The van der Waals surface area contributed by atoms with E-state index in [1.54, 1.807) is 5.56 Å². The molecule has 0 aliphatic carbocycles. The summed E-state index contributed by atoms with van der Waals surface area (Å²) < 4.78 is 6.34. The molecule has 0 saturated carbocycles. The molecule has 0 saturated heterocycles. The highest BCUT2D eigenvalue weighted by molar-refractivity contribution is 8.00. The molecule has 0 fully saturated rings. The van der Waals surface area contributed by atoms with Crippen molar-refractivity contribution in [3.8, 4) is 5.75 Å². The average Bonchev–Trinajstić information content (AvgIpc) is 2.99. The van der Waals surface area contributed by atoms with Gasteiger partial charge in [0, 0.05) is 34.3 Å². The lowest BCUT2D eigenvalue weighted by molar-refractivity contribution is 0.344. The largest absolute Gasteiger partial charge is 0.493 e. The van der Waals surface area contributed by atoms with Gasteiger partial charge in [-0.05, 0) is 30.7 Å². The summed E-state index contributed by atoms with van der Waals surface area (Å²) in [5.41, 5.74) is 2.94. The van der Waals surface area contributed by atoms with Crippen LogP contribution in [0.1, 0.15) is 65.4 Å². The quantitative estimate of drug-likeness (QED) is 0.505. The van der Waals surface area contributed by atoms with Crippen LogP contribution in [0.15, 0.2) is 30.3 Å². The standard InChI is InChI=1S/C23H33NOS/c1-6-11-17-15-24(16-26-23(4,5)7-2)20-14-21(25-8-3)18-12-9-10-13-19(18)22(17)20/h9-10,12-14,17H,6-8,11,15-16H2,1-5H3. The van der Waals surface area contributed by atoms with Gasteiger partial charge in [0.15, 0.2) is 0 Å². The third-order valence-corrected chi connectivity index (χ3v) is 7.13. The zero-order chi connectivity index (χ0) is 18.7. The van der Waals surface area contributed by atoms with Gasteiger partial charge in [0.25, 0.3) is 0 Å². The van der Waals surface area contributed by atoms with Crippen LogP contribution in [0.5, 0.6) is 5.75 Å². The van der Waals surface area contributed by atoms with Gasteiger partial charge in [0.05, 0.1) is 12.5 Å². The maximum Gasteiger partial charge on any atom is 0.129 e. The van der Waals surface area contributed by atoms with Crippen LogP contribution < -0.4 is 9.64 Å². The molecular formula is C23H33NOS. The van der Waals surface area contributed by atoms with Crippen molar-refractivity contribution in [2.24, 2.45) is 0 Å². The fourth-order valence-corrected chi connectivity index (χ4v) is 4.79. The van der Waals surface area contributed by atoms with Crippen molar-refractivity contribution in [1.29, 1.82) is 0 Å². The molecule has 1 unspecified atom stereocenters. The summed E-state index contributed by atoms with van der Waals surface area (Å²) in [6, 6.07) is 11.1. The van der Waals surface area contributed by atoms with Gasteiger partial charge in [-0.25, -0.2) is 0 Å². The van der Waals surface area contributed by atoms with Crippen molar-refractivity contribution in [3.05, 3.63) is 35.9 Å². The molecule has 0 bridgehead atoms. The first kappa shape index (κ1) is 19.4. The first-order valence-electron chi connectivity index (χ1n) is 10.1. The molecule has 1 atom stereocenters. The number of nitrogens with zero attached hydrogens (tertiary/aromatic N) is 1. The highest BCUT2D eigenvalue weighted by atomic mass is 32.2. The summed E-state index contributed by atoms with van der Waals surface area (Å²) >= 11 is 2.07. The number of fused-ring (bicyclic) bond motifs is 3. The summed E-state index contributed by atoms with van der Waals surface area (Å²) in [5, 5.41) is 2.65. The molecule has 142 valence electrons. The number of ether oxygens (including phenoxy) is 1. The molecule has 2 aromatic carbocycles. The second kappa shape index (κ2) is 8.12. The van der Waals surface area contributed by atoms with Crippen LogP contribution in [-0.2, 0) is 0 Å². The second-order valence-electron chi connectivity index (χ2n) is 7.88. The Bertz CT molecular complexity index is 755. The zero-order valence-corrected chi connectivity index (χ0v) is 17.8. The van der Waals surface area contributed by atoms with Crippen LogP contribution in [0.2, 0.25) is 0 Å². The monoisotopic (exact) mass is 371 g/mol. The van der Waals surface area contributed by atoms with E-state index in [0.29, 0.717) is 17.3 Å². The molecule has 0 N–H and O–H groups in total. The number of anilines is 1. The normalized spacial score (nSPS) is 17.0. The van der Waals surface area contributed by atoms with E-state index < -0.39 is 0 Å². The van der Waals surface area contributed by atoms with E-state index in [1.807, 2.05) is 0 Å². The molecular weight excluding hydrogens is 338 g/mol. The van der Waals surface area contributed by atoms with Crippen LogP contribution in [-0.4, -0.2) is 23.8 Å². The molecule has 1 heterocycles. The Morgan fingerprint density at radius 1 is 1.15 bits per heavy atom. The van der Waals surface area contributed by atoms with Crippen LogP contribution >= 0.6 is 11.8 Å². The van der Waals surface area contributed by atoms with Crippen molar-refractivity contribution >= 4 is 28.2 Å². The van der Waals surface area contributed by atoms with Gasteiger partial charge in [-0.2, -0.15) is 0 Å². The molecule has 0 amide bonds. The third kappa shape index (κ3) is 3.83. The summed E-state index contributed by atoms with van der Waals surface area (Å²) in [4.78, 5) is 2.59. The fraction of sp³-hybridized carbons (Fsp3) is 0.565. The van der Waals surface area contributed by atoms with Crippen LogP contribution in [0, 0.1) is 0 Å². The van der Waals surface area contributed by atoms with E-state index in [9.17, 15) is 0 Å². The van der Waals surface area contributed by atoms with Crippen LogP contribution in [0.4, 0.5) is 5.69 Å². The lowest BCUT2D eigenvalue weighted by atomic mass is 9.91. The van der Waals surface area contributed by atoms with Gasteiger partial charge >= 0.3 is 0 Å². The molecule has 26 heavy (non-hydrogen) atoms. The van der Waals surface area contributed by atoms with E-state index in [4.69, 9.17) is 4.74 Å². The Labute approximate surface area is 163 Å². The van der Waals surface area contributed by atoms with Gasteiger partial charge in [-0.1, -0.05) is 58.4 Å². The highest BCUT2D eigenvalue weighted by Crippen LogP contribution is 2.47. The van der Waals surface area contributed by atoms with Crippen molar-refractivity contribution in [1.82, 2.24) is 0 Å². The molecule has 0 radical (unpaired) electrons. The molecule has 1 aliphatic rings. The minimum Gasteiger partial charge on any atom is -0.493 e. The minimum absolute atomic E-state index is 0.322. The van der Waals surface area contributed by atoms with E-state index in [1.165, 1.54) is 35.7 Å². The zero-order valence-electron chi connectivity index (χ0n) is 17.0. The van der Waals surface area contributed by atoms with Crippen molar-refractivity contribution in [2.45, 2.75) is 64.5 Å². The van der Waals surface area contributed by atoms with Crippen molar-refractivity contribution < 1.29 is 4.74 Å². The van der Waals surface area contributed by atoms with E-state index >= 15 is 0 Å². The Kier molecular flexibility index (Phi) is 6.06. The predicted octanol–water partition coefficient (Wildman–Crippen LogP) is 6.82. The highest BCUT2D eigenvalue weighted by Gasteiger charge is 2.32. The van der Waals surface area contributed by atoms with Gasteiger partial charge in [-0.3, -0.25) is 0 Å². The first-order chi connectivity index (χ1) is 12.5. The maximum atomic E-state index is 6.02. The molecule has 2 aromatic rings. The van der Waals surface area contributed by atoms with Gasteiger partial charge < -0.3 is 9.64 Å². The number of hydrogen-bond donors (Lipinski definition) is 0. The third-order valence-electron chi connectivity index (χ3n) is 5.62. The Hall–Kier alpha value is -1.35. The van der Waals surface area contributed by atoms with Crippen molar-refractivity contribution in [2.75, 3.05) is 23.9 Å². The summed E-state index contributed by atoms with van der Waals surface area (Å²) in [6.45, 7) is 13.2. The van der Waals surface area contributed by atoms with Crippen LogP contribution in [0.3, 0.4) is 0 Å².